The maximum absolute atomic E-state index is 12.4. The fourth-order valence-electron chi connectivity index (χ4n) is 2.80. The van der Waals surface area contributed by atoms with Crippen molar-refractivity contribution in [2.45, 2.75) is 19.0 Å². The number of benzene rings is 2. The minimum atomic E-state index is -4.49. The molecule has 2 aromatic carbocycles. The Bertz CT molecular complexity index is 987. The highest BCUT2D eigenvalue weighted by atomic mass is 19.4. The molecular weight excluding hydrogens is 447 g/mol. The molecule has 0 saturated carbocycles. The predicted octanol–water partition coefficient (Wildman–Crippen LogP) is 3.78. The molecule has 0 spiro atoms. The van der Waals surface area contributed by atoms with Crippen LogP contribution in [0.15, 0.2) is 36.4 Å². The molecule has 1 amide bonds. The zero-order valence-electron chi connectivity index (χ0n) is 18.1. The number of carbonyl (C=O) groups is 3. The Morgan fingerprint density at radius 2 is 1.48 bits per heavy atom. The van der Waals surface area contributed by atoms with Gasteiger partial charge in [-0.25, -0.2) is 9.59 Å². The summed E-state index contributed by atoms with van der Waals surface area (Å²) in [6.45, 7) is -1.46. The first kappa shape index (κ1) is 25.5. The number of amides is 1. The molecule has 178 valence electrons. The monoisotopic (exact) mass is 469 g/mol. The van der Waals surface area contributed by atoms with E-state index in [1.165, 1.54) is 57.7 Å². The van der Waals surface area contributed by atoms with Crippen LogP contribution >= 0.6 is 0 Å². The van der Waals surface area contributed by atoms with Gasteiger partial charge in [0.15, 0.2) is 18.1 Å². The summed E-state index contributed by atoms with van der Waals surface area (Å²) in [7, 11) is 3.65. The zero-order valence-corrected chi connectivity index (χ0v) is 18.1. The highest BCUT2D eigenvalue weighted by Gasteiger charge is 2.29. The SMILES string of the molecule is COC(=O)c1cc(NC(=O)CCc2ccc(OCC(F)(F)F)c(OC)c2)cc(C(=O)OC)c1. The van der Waals surface area contributed by atoms with Gasteiger partial charge in [-0.1, -0.05) is 6.07 Å². The van der Waals surface area contributed by atoms with Crippen molar-refractivity contribution >= 4 is 23.5 Å². The summed E-state index contributed by atoms with van der Waals surface area (Å²) in [5, 5.41) is 2.59. The van der Waals surface area contributed by atoms with Crippen molar-refractivity contribution in [3.05, 3.63) is 53.1 Å². The molecule has 0 aliphatic rings. The lowest BCUT2D eigenvalue weighted by Gasteiger charge is -2.13. The molecule has 0 bridgehead atoms. The molecule has 2 rings (SSSR count). The zero-order chi connectivity index (χ0) is 24.6. The summed E-state index contributed by atoms with van der Waals surface area (Å²) in [5.74, 6) is -1.79. The fourth-order valence-corrected chi connectivity index (χ4v) is 2.80. The molecule has 1 N–H and O–H groups in total. The van der Waals surface area contributed by atoms with Gasteiger partial charge < -0.3 is 24.3 Å². The number of anilines is 1. The Balaban J connectivity index is 2.08. The number of halogens is 3. The van der Waals surface area contributed by atoms with E-state index in [-0.39, 0.29) is 41.2 Å². The van der Waals surface area contributed by atoms with Gasteiger partial charge in [-0.3, -0.25) is 4.79 Å². The summed E-state index contributed by atoms with van der Waals surface area (Å²) in [4.78, 5) is 36.1. The van der Waals surface area contributed by atoms with Crippen molar-refractivity contribution in [2.75, 3.05) is 33.3 Å². The van der Waals surface area contributed by atoms with Crippen LogP contribution in [-0.2, 0) is 20.7 Å². The first-order chi connectivity index (χ1) is 15.6. The number of alkyl halides is 3. The van der Waals surface area contributed by atoms with Gasteiger partial charge in [0.1, 0.15) is 0 Å². The van der Waals surface area contributed by atoms with Gasteiger partial charge >= 0.3 is 18.1 Å². The smallest absolute Gasteiger partial charge is 0.422 e. The van der Waals surface area contributed by atoms with Gasteiger partial charge in [-0.2, -0.15) is 13.2 Å². The number of methoxy groups -OCH3 is 3. The van der Waals surface area contributed by atoms with Crippen molar-refractivity contribution in [1.82, 2.24) is 0 Å². The predicted molar refractivity (Wildman–Crippen MR) is 111 cm³/mol. The average molecular weight is 469 g/mol. The van der Waals surface area contributed by atoms with Gasteiger partial charge in [0.05, 0.1) is 32.5 Å². The van der Waals surface area contributed by atoms with E-state index in [0.29, 0.717) is 5.56 Å². The third-order valence-corrected chi connectivity index (χ3v) is 4.32. The highest BCUT2D eigenvalue weighted by molar-refractivity contribution is 5.99. The summed E-state index contributed by atoms with van der Waals surface area (Å²) in [5.41, 5.74) is 0.918. The number of esters is 2. The van der Waals surface area contributed by atoms with Gasteiger partial charge in [-0.05, 0) is 42.3 Å². The number of carbonyl (C=O) groups excluding carboxylic acids is 3. The van der Waals surface area contributed by atoms with Gasteiger partial charge in [0.25, 0.3) is 0 Å². The van der Waals surface area contributed by atoms with Crippen LogP contribution in [0.2, 0.25) is 0 Å². The standard InChI is InChI=1S/C22H22F3NO7/c1-30-18-8-13(4-6-17(18)33-12-22(23,24)25)5-7-19(27)26-16-10-14(20(28)31-2)9-15(11-16)21(29)32-3/h4,6,8-11H,5,7,12H2,1-3H3,(H,26,27). The van der Waals surface area contributed by atoms with E-state index in [1.54, 1.807) is 0 Å². The Morgan fingerprint density at radius 1 is 0.879 bits per heavy atom. The van der Waals surface area contributed by atoms with E-state index < -0.39 is 30.6 Å². The molecule has 0 aliphatic heterocycles. The minimum absolute atomic E-state index is 0.00190. The number of rotatable bonds is 9. The van der Waals surface area contributed by atoms with Crippen LogP contribution in [0.1, 0.15) is 32.7 Å². The molecule has 8 nitrogen and oxygen atoms in total. The van der Waals surface area contributed by atoms with Gasteiger partial charge in [0, 0.05) is 12.1 Å². The van der Waals surface area contributed by atoms with Crippen molar-refractivity contribution in [3.8, 4) is 11.5 Å². The van der Waals surface area contributed by atoms with Crippen LogP contribution in [0, 0.1) is 0 Å². The maximum atomic E-state index is 12.4. The van der Waals surface area contributed by atoms with Crippen molar-refractivity contribution in [1.29, 1.82) is 0 Å². The number of ether oxygens (including phenoxy) is 4. The molecule has 11 heteroatoms. The second kappa shape index (κ2) is 11.2. The molecule has 0 atom stereocenters. The topological polar surface area (TPSA) is 100 Å². The van der Waals surface area contributed by atoms with E-state index in [9.17, 15) is 27.6 Å². The molecule has 2 aromatic rings. The van der Waals surface area contributed by atoms with Crippen LogP contribution in [0.3, 0.4) is 0 Å². The second-order valence-electron chi connectivity index (χ2n) is 6.72. The first-order valence-electron chi connectivity index (χ1n) is 9.54. The Morgan fingerprint density at radius 3 is 2.00 bits per heavy atom. The van der Waals surface area contributed by atoms with Crippen molar-refractivity contribution < 1.29 is 46.5 Å². The van der Waals surface area contributed by atoms with Gasteiger partial charge in [-0.15, -0.1) is 0 Å². The lowest BCUT2D eigenvalue weighted by atomic mass is 10.1. The Kier molecular flexibility index (Phi) is 8.66. The van der Waals surface area contributed by atoms with E-state index in [2.05, 4.69) is 14.8 Å². The molecular formula is C22H22F3NO7. The van der Waals surface area contributed by atoms with Crippen LogP contribution in [0.5, 0.6) is 11.5 Å². The van der Waals surface area contributed by atoms with Crippen LogP contribution in [0.25, 0.3) is 0 Å². The fraction of sp³-hybridized carbons (Fsp3) is 0.318. The van der Waals surface area contributed by atoms with E-state index >= 15 is 0 Å². The third kappa shape index (κ3) is 7.70. The van der Waals surface area contributed by atoms with E-state index in [0.717, 1.165) is 0 Å². The van der Waals surface area contributed by atoms with Crippen LogP contribution in [-0.4, -0.2) is 52.0 Å². The van der Waals surface area contributed by atoms with Crippen molar-refractivity contribution in [3.63, 3.8) is 0 Å². The van der Waals surface area contributed by atoms with E-state index in [1.807, 2.05) is 0 Å². The molecule has 0 radical (unpaired) electrons. The minimum Gasteiger partial charge on any atom is -0.493 e. The van der Waals surface area contributed by atoms with E-state index in [4.69, 9.17) is 9.47 Å². The summed E-state index contributed by atoms with van der Waals surface area (Å²) < 4.78 is 56.2. The highest BCUT2D eigenvalue weighted by Crippen LogP contribution is 2.30. The molecule has 0 aliphatic carbocycles. The number of hydrogen-bond donors (Lipinski definition) is 1. The molecule has 33 heavy (non-hydrogen) atoms. The number of hydrogen-bond acceptors (Lipinski definition) is 7. The number of aryl methyl sites for hydroxylation is 1. The molecule has 0 unspecified atom stereocenters. The van der Waals surface area contributed by atoms with Crippen LogP contribution in [0.4, 0.5) is 18.9 Å². The first-order valence-corrected chi connectivity index (χ1v) is 9.54. The Hall–Kier alpha value is -3.76. The lowest BCUT2D eigenvalue weighted by Crippen LogP contribution is -2.19. The quantitative estimate of drug-likeness (QED) is 0.558. The summed E-state index contributed by atoms with van der Waals surface area (Å²) in [6, 6.07) is 8.32. The Labute approximate surface area is 187 Å². The van der Waals surface area contributed by atoms with Crippen molar-refractivity contribution in [2.24, 2.45) is 0 Å². The lowest BCUT2D eigenvalue weighted by molar-refractivity contribution is -0.153. The molecule has 0 saturated heterocycles. The maximum Gasteiger partial charge on any atom is 0.422 e. The van der Waals surface area contributed by atoms with Crippen LogP contribution < -0.4 is 14.8 Å². The van der Waals surface area contributed by atoms with Gasteiger partial charge in [0.2, 0.25) is 5.91 Å². The molecule has 0 aromatic heterocycles. The normalized spacial score (nSPS) is 10.8. The summed E-state index contributed by atoms with van der Waals surface area (Å²) >= 11 is 0. The largest absolute Gasteiger partial charge is 0.493 e. The second-order valence-corrected chi connectivity index (χ2v) is 6.72. The average Bonchev–Trinajstić information content (AvgIpc) is 2.79. The molecule has 0 heterocycles. The number of nitrogens with one attached hydrogen (secondary N) is 1. The molecule has 0 fully saturated rings. The third-order valence-electron chi connectivity index (χ3n) is 4.32. The summed E-state index contributed by atoms with van der Waals surface area (Å²) in [6.07, 6.45) is -4.25.